The smallest absolute Gasteiger partial charge is 0.251 e. The van der Waals surface area contributed by atoms with Gasteiger partial charge in [0.2, 0.25) is 0 Å². The first-order valence-corrected chi connectivity index (χ1v) is 6.95. The third-order valence-corrected chi connectivity index (χ3v) is 3.21. The first kappa shape index (κ1) is 15.1. The van der Waals surface area contributed by atoms with Gasteiger partial charge in [-0.15, -0.1) is 0 Å². The van der Waals surface area contributed by atoms with Crippen LogP contribution in [0.5, 0.6) is 5.75 Å². The predicted octanol–water partition coefficient (Wildman–Crippen LogP) is 2.38. The number of aromatic nitrogens is 1. The Hall–Kier alpha value is -2.33. The van der Waals surface area contributed by atoms with Crippen LogP contribution in [-0.4, -0.2) is 18.2 Å². The summed E-state index contributed by atoms with van der Waals surface area (Å²) in [4.78, 5) is 11.9. The van der Waals surface area contributed by atoms with Crippen LogP contribution in [0.2, 0.25) is 0 Å². The molecule has 1 aromatic heterocycles. The first-order valence-electron chi connectivity index (χ1n) is 6.95. The molecular formula is C17H20N2O2. The van der Waals surface area contributed by atoms with Crippen LogP contribution in [0.25, 0.3) is 12.2 Å². The van der Waals surface area contributed by atoms with Crippen molar-refractivity contribution in [1.82, 2.24) is 4.57 Å². The van der Waals surface area contributed by atoms with E-state index in [4.69, 9.17) is 10.5 Å². The molecule has 4 nitrogen and oxygen atoms in total. The highest BCUT2D eigenvalue weighted by molar-refractivity contribution is 5.69. The molecule has 0 bridgehead atoms. The summed E-state index contributed by atoms with van der Waals surface area (Å²) in [5.74, 6) is 0.828. The molecule has 0 fully saturated rings. The average Bonchev–Trinajstić information content (AvgIpc) is 2.52. The van der Waals surface area contributed by atoms with Crippen molar-refractivity contribution in [3.05, 3.63) is 64.1 Å². The minimum atomic E-state index is 0.000306. The number of hydrogen-bond acceptors (Lipinski definition) is 3. The minimum Gasteiger partial charge on any atom is -0.497 e. The van der Waals surface area contributed by atoms with Crippen LogP contribution < -0.4 is 16.0 Å². The quantitative estimate of drug-likeness (QED) is 0.886. The lowest BCUT2D eigenvalue weighted by Gasteiger charge is -2.04. The lowest BCUT2D eigenvalue weighted by Crippen LogP contribution is -2.20. The van der Waals surface area contributed by atoms with Crippen LogP contribution in [0, 0.1) is 0 Å². The molecule has 0 aliphatic heterocycles. The molecule has 1 aromatic carbocycles. The number of methoxy groups -OCH3 is 1. The van der Waals surface area contributed by atoms with Crippen molar-refractivity contribution < 1.29 is 4.74 Å². The zero-order valence-corrected chi connectivity index (χ0v) is 12.2. The van der Waals surface area contributed by atoms with Crippen LogP contribution in [0.3, 0.4) is 0 Å². The van der Waals surface area contributed by atoms with Crippen molar-refractivity contribution in [3.8, 4) is 5.75 Å². The van der Waals surface area contributed by atoms with E-state index in [2.05, 4.69) is 0 Å². The molecule has 4 heteroatoms. The van der Waals surface area contributed by atoms with Crippen molar-refractivity contribution in [2.24, 2.45) is 5.73 Å². The number of pyridine rings is 1. The number of rotatable bonds is 6. The van der Waals surface area contributed by atoms with Gasteiger partial charge in [-0.1, -0.05) is 24.3 Å². The molecule has 0 atom stereocenters. The summed E-state index contributed by atoms with van der Waals surface area (Å²) in [5.41, 5.74) is 7.40. The summed E-state index contributed by atoms with van der Waals surface area (Å²) in [6, 6.07) is 11.3. The summed E-state index contributed by atoms with van der Waals surface area (Å²) in [5, 5.41) is 0. The first-order chi connectivity index (χ1) is 10.2. The van der Waals surface area contributed by atoms with E-state index in [9.17, 15) is 4.79 Å². The van der Waals surface area contributed by atoms with Gasteiger partial charge in [0.1, 0.15) is 5.75 Å². The lowest BCUT2D eigenvalue weighted by atomic mass is 10.1. The van der Waals surface area contributed by atoms with Gasteiger partial charge in [0.05, 0.1) is 7.11 Å². The zero-order chi connectivity index (χ0) is 15.1. The summed E-state index contributed by atoms with van der Waals surface area (Å²) < 4.78 is 6.79. The minimum absolute atomic E-state index is 0.000306. The van der Waals surface area contributed by atoms with Crippen LogP contribution >= 0.6 is 0 Å². The molecule has 2 N–H and O–H groups in total. The second kappa shape index (κ2) is 7.45. The van der Waals surface area contributed by atoms with Gasteiger partial charge in [-0.2, -0.15) is 0 Å². The second-order valence-corrected chi connectivity index (χ2v) is 4.74. The van der Waals surface area contributed by atoms with Gasteiger partial charge in [0.15, 0.2) is 0 Å². The topological polar surface area (TPSA) is 57.2 Å². The molecule has 0 aliphatic rings. The van der Waals surface area contributed by atoms with Crippen LogP contribution in [-0.2, 0) is 6.54 Å². The van der Waals surface area contributed by atoms with Crippen molar-refractivity contribution in [1.29, 1.82) is 0 Å². The van der Waals surface area contributed by atoms with Crippen molar-refractivity contribution in [2.75, 3.05) is 13.7 Å². The van der Waals surface area contributed by atoms with Crippen LogP contribution in [0.4, 0.5) is 0 Å². The summed E-state index contributed by atoms with van der Waals surface area (Å²) in [6.07, 6.45) is 6.52. The van der Waals surface area contributed by atoms with Gasteiger partial charge >= 0.3 is 0 Å². The van der Waals surface area contributed by atoms with E-state index in [1.54, 1.807) is 17.7 Å². The Kier molecular flexibility index (Phi) is 5.35. The maximum Gasteiger partial charge on any atom is 0.251 e. The highest BCUT2D eigenvalue weighted by Crippen LogP contribution is 2.13. The second-order valence-electron chi connectivity index (χ2n) is 4.74. The SMILES string of the molecule is COc1ccc(/C=C/c2ccn(CCCN)c(=O)c2)cc1. The maximum atomic E-state index is 11.9. The van der Waals surface area contributed by atoms with Gasteiger partial charge in [0, 0.05) is 18.8 Å². The Morgan fingerprint density at radius 1 is 1.14 bits per heavy atom. The van der Waals surface area contributed by atoms with Crippen molar-refractivity contribution in [3.63, 3.8) is 0 Å². The Labute approximate surface area is 124 Å². The van der Waals surface area contributed by atoms with Gasteiger partial charge in [-0.3, -0.25) is 4.79 Å². The summed E-state index contributed by atoms with van der Waals surface area (Å²) >= 11 is 0. The summed E-state index contributed by atoms with van der Waals surface area (Å²) in [7, 11) is 1.64. The Bertz CT molecular complexity index is 657. The Balaban J connectivity index is 2.09. The standard InChI is InChI=1S/C17H20N2O2/c1-21-16-7-5-14(6-8-16)3-4-15-9-12-19(11-2-10-18)17(20)13-15/h3-9,12-13H,2,10-11,18H2,1H3/b4-3+. The number of aryl methyl sites for hydroxylation is 1. The molecule has 110 valence electrons. The fourth-order valence-electron chi connectivity index (χ4n) is 1.98. The molecular weight excluding hydrogens is 264 g/mol. The molecule has 21 heavy (non-hydrogen) atoms. The van der Waals surface area contributed by atoms with Gasteiger partial charge in [-0.05, 0) is 42.3 Å². The van der Waals surface area contributed by atoms with Gasteiger partial charge in [0.25, 0.3) is 5.56 Å². The average molecular weight is 284 g/mol. The number of ether oxygens (including phenoxy) is 1. The number of benzene rings is 1. The van der Waals surface area contributed by atoms with E-state index in [1.165, 1.54) is 0 Å². The normalized spacial score (nSPS) is 11.0. The number of nitrogens with two attached hydrogens (primary N) is 1. The molecule has 0 radical (unpaired) electrons. The molecule has 0 unspecified atom stereocenters. The van der Waals surface area contributed by atoms with Gasteiger partial charge < -0.3 is 15.0 Å². The van der Waals surface area contributed by atoms with E-state index >= 15 is 0 Å². The maximum absolute atomic E-state index is 11.9. The lowest BCUT2D eigenvalue weighted by molar-refractivity contribution is 0.415. The molecule has 0 aliphatic carbocycles. The third kappa shape index (κ3) is 4.33. The van der Waals surface area contributed by atoms with Crippen LogP contribution in [0.15, 0.2) is 47.4 Å². The highest BCUT2D eigenvalue weighted by Gasteiger charge is 1.96. The molecule has 2 aromatic rings. The van der Waals surface area contributed by atoms with E-state index in [0.29, 0.717) is 13.1 Å². The molecule has 0 spiro atoms. The molecule has 0 amide bonds. The Morgan fingerprint density at radius 2 is 1.86 bits per heavy atom. The fourth-order valence-corrected chi connectivity index (χ4v) is 1.98. The van der Waals surface area contributed by atoms with E-state index in [1.807, 2.05) is 48.7 Å². The predicted molar refractivity (Wildman–Crippen MR) is 86.3 cm³/mol. The van der Waals surface area contributed by atoms with Gasteiger partial charge in [-0.25, -0.2) is 0 Å². The molecule has 0 saturated heterocycles. The van der Waals surface area contributed by atoms with E-state index < -0.39 is 0 Å². The number of hydrogen-bond donors (Lipinski definition) is 1. The molecule has 2 rings (SSSR count). The monoisotopic (exact) mass is 284 g/mol. The molecule has 1 heterocycles. The van der Waals surface area contributed by atoms with E-state index in [0.717, 1.165) is 23.3 Å². The molecule has 0 saturated carbocycles. The van der Waals surface area contributed by atoms with Crippen LogP contribution in [0.1, 0.15) is 17.5 Å². The van der Waals surface area contributed by atoms with Crippen molar-refractivity contribution >= 4 is 12.2 Å². The third-order valence-electron chi connectivity index (χ3n) is 3.21. The summed E-state index contributed by atoms with van der Waals surface area (Å²) in [6.45, 7) is 1.25. The highest BCUT2D eigenvalue weighted by atomic mass is 16.5. The number of nitrogens with zero attached hydrogens (tertiary/aromatic N) is 1. The fraction of sp³-hybridized carbons (Fsp3) is 0.235. The largest absolute Gasteiger partial charge is 0.497 e. The zero-order valence-electron chi connectivity index (χ0n) is 12.2. The van der Waals surface area contributed by atoms with E-state index in [-0.39, 0.29) is 5.56 Å². The Morgan fingerprint density at radius 3 is 2.48 bits per heavy atom. The van der Waals surface area contributed by atoms with Crippen molar-refractivity contribution in [2.45, 2.75) is 13.0 Å².